The Kier molecular flexibility index (Phi) is 5.47. The number of hydrogen-bond donors (Lipinski definition) is 0. The highest BCUT2D eigenvalue weighted by Crippen LogP contribution is 2.33. The van der Waals surface area contributed by atoms with Crippen LogP contribution in [-0.4, -0.2) is 46.4 Å². The topological polar surface area (TPSA) is 36.4 Å². The maximum absolute atomic E-state index is 13.1. The van der Waals surface area contributed by atoms with Crippen molar-refractivity contribution in [1.82, 2.24) is 14.8 Å². The van der Waals surface area contributed by atoms with Crippen LogP contribution in [0.1, 0.15) is 62.9 Å². The van der Waals surface area contributed by atoms with Gasteiger partial charge in [-0.1, -0.05) is 12.8 Å². The zero-order chi connectivity index (χ0) is 15.4. The minimum Gasteiger partial charge on any atom is -0.332 e. The van der Waals surface area contributed by atoms with E-state index in [0.717, 1.165) is 37.5 Å². The van der Waals surface area contributed by atoms with Crippen molar-refractivity contribution in [2.75, 3.05) is 19.6 Å². The van der Waals surface area contributed by atoms with Crippen LogP contribution < -0.4 is 0 Å². The van der Waals surface area contributed by atoms with Gasteiger partial charge in [0, 0.05) is 18.1 Å². The van der Waals surface area contributed by atoms with E-state index < -0.39 is 0 Å². The predicted molar refractivity (Wildman–Crippen MR) is 89.9 cm³/mol. The van der Waals surface area contributed by atoms with E-state index in [0.29, 0.717) is 5.91 Å². The third kappa shape index (κ3) is 3.51. The van der Waals surface area contributed by atoms with E-state index in [9.17, 15) is 4.79 Å². The lowest BCUT2D eigenvalue weighted by Crippen LogP contribution is -2.49. The molecule has 0 radical (unpaired) electrons. The van der Waals surface area contributed by atoms with Crippen LogP contribution in [0.25, 0.3) is 0 Å². The molecule has 0 bridgehead atoms. The Morgan fingerprint density at radius 1 is 1.18 bits per heavy atom. The molecule has 1 aromatic rings. The first-order valence-electron chi connectivity index (χ1n) is 8.71. The van der Waals surface area contributed by atoms with E-state index in [-0.39, 0.29) is 12.1 Å². The normalized spacial score (nSPS) is 25.7. The van der Waals surface area contributed by atoms with E-state index in [1.54, 1.807) is 11.3 Å². The van der Waals surface area contributed by atoms with Crippen molar-refractivity contribution in [3.63, 3.8) is 0 Å². The summed E-state index contributed by atoms with van der Waals surface area (Å²) in [4.78, 5) is 22.0. The Labute approximate surface area is 137 Å². The summed E-state index contributed by atoms with van der Waals surface area (Å²) >= 11 is 1.68. The lowest BCUT2D eigenvalue weighted by atomic mass is 10.0. The molecule has 2 atom stereocenters. The van der Waals surface area contributed by atoms with Gasteiger partial charge in [0.05, 0.1) is 12.1 Å². The van der Waals surface area contributed by atoms with Gasteiger partial charge in [-0.2, -0.15) is 0 Å². The number of rotatable bonds is 3. The number of aromatic nitrogens is 1. The first kappa shape index (κ1) is 15.9. The molecule has 2 saturated heterocycles. The number of likely N-dealkylation sites (tertiary alicyclic amines) is 2. The van der Waals surface area contributed by atoms with E-state index in [4.69, 9.17) is 0 Å². The van der Waals surface area contributed by atoms with Gasteiger partial charge >= 0.3 is 0 Å². The van der Waals surface area contributed by atoms with E-state index in [2.05, 4.69) is 21.7 Å². The minimum absolute atomic E-state index is 0.0127. The van der Waals surface area contributed by atoms with Gasteiger partial charge in [-0.05, 0) is 52.1 Å². The highest BCUT2D eigenvalue weighted by atomic mass is 32.1. The van der Waals surface area contributed by atoms with Gasteiger partial charge in [0.25, 0.3) is 0 Å². The molecule has 0 spiro atoms. The van der Waals surface area contributed by atoms with Gasteiger partial charge in [-0.3, -0.25) is 9.69 Å². The lowest BCUT2D eigenvalue weighted by molar-refractivity contribution is -0.140. The van der Waals surface area contributed by atoms with Crippen LogP contribution in [0.15, 0.2) is 11.6 Å². The molecule has 0 saturated carbocycles. The van der Waals surface area contributed by atoms with Crippen LogP contribution in [0.5, 0.6) is 0 Å². The maximum Gasteiger partial charge on any atom is 0.240 e. The Morgan fingerprint density at radius 3 is 2.59 bits per heavy atom. The Bertz CT molecular complexity index is 468. The van der Waals surface area contributed by atoms with Crippen LogP contribution in [0.4, 0.5) is 0 Å². The molecule has 2 aliphatic heterocycles. The summed E-state index contributed by atoms with van der Waals surface area (Å²) in [5.41, 5.74) is 0. The maximum atomic E-state index is 13.1. The highest BCUT2D eigenvalue weighted by Gasteiger charge is 2.34. The summed E-state index contributed by atoms with van der Waals surface area (Å²) in [5, 5.41) is 3.13. The average molecular weight is 321 g/mol. The first-order valence-corrected chi connectivity index (χ1v) is 9.59. The summed E-state index contributed by atoms with van der Waals surface area (Å²) in [6.07, 6.45) is 10.3. The van der Waals surface area contributed by atoms with Gasteiger partial charge in [0.1, 0.15) is 5.01 Å². The molecular formula is C17H27N3OS. The van der Waals surface area contributed by atoms with Crippen LogP contribution >= 0.6 is 11.3 Å². The van der Waals surface area contributed by atoms with Crippen LogP contribution in [0.3, 0.4) is 0 Å². The molecule has 0 aliphatic carbocycles. The van der Waals surface area contributed by atoms with Gasteiger partial charge in [-0.25, -0.2) is 4.98 Å². The highest BCUT2D eigenvalue weighted by molar-refractivity contribution is 7.09. The van der Waals surface area contributed by atoms with Gasteiger partial charge in [0.15, 0.2) is 0 Å². The zero-order valence-electron chi connectivity index (χ0n) is 13.5. The number of carbonyl (C=O) groups excluding carboxylic acids is 1. The fraction of sp³-hybridized carbons (Fsp3) is 0.765. The SMILES string of the molecule is CC(C(=O)N1CCCCC1c1nccs1)N1CCCCCC1. The van der Waals surface area contributed by atoms with Crippen molar-refractivity contribution in [3.8, 4) is 0 Å². The number of nitrogens with zero attached hydrogens (tertiary/aromatic N) is 3. The quantitative estimate of drug-likeness (QED) is 0.855. The lowest BCUT2D eigenvalue weighted by Gasteiger charge is -2.38. The van der Waals surface area contributed by atoms with Crippen molar-refractivity contribution in [2.45, 2.75) is 64.0 Å². The van der Waals surface area contributed by atoms with Crippen LogP contribution in [-0.2, 0) is 4.79 Å². The van der Waals surface area contributed by atoms with E-state index in [1.807, 2.05) is 11.6 Å². The number of thiazole rings is 1. The van der Waals surface area contributed by atoms with Gasteiger partial charge < -0.3 is 4.90 Å². The molecule has 2 unspecified atom stereocenters. The van der Waals surface area contributed by atoms with Crippen LogP contribution in [0, 0.1) is 0 Å². The Hall–Kier alpha value is -0.940. The zero-order valence-corrected chi connectivity index (χ0v) is 14.4. The Morgan fingerprint density at radius 2 is 1.91 bits per heavy atom. The summed E-state index contributed by atoms with van der Waals surface area (Å²) in [6.45, 7) is 5.13. The van der Waals surface area contributed by atoms with E-state index >= 15 is 0 Å². The van der Waals surface area contributed by atoms with Crippen molar-refractivity contribution in [2.24, 2.45) is 0 Å². The molecule has 122 valence electrons. The third-order valence-corrected chi connectivity index (χ3v) is 5.94. The molecule has 2 fully saturated rings. The van der Waals surface area contributed by atoms with Gasteiger partial charge in [-0.15, -0.1) is 11.3 Å². The number of piperidine rings is 1. The van der Waals surface area contributed by atoms with Crippen molar-refractivity contribution >= 4 is 17.2 Å². The summed E-state index contributed by atoms with van der Waals surface area (Å²) in [6, 6.07) is 0.217. The van der Waals surface area contributed by atoms with Crippen LogP contribution in [0.2, 0.25) is 0 Å². The standard InChI is InChI=1S/C17H27N3OS/c1-14(19-10-5-2-3-6-11-19)17(21)20-12-7-4-8-15(20)16-18-9-13-22-16/h9,13-15H,2-8,10-12H2,1H3. The fourth-order valence-electron chi connectivity index (χ4n) is 3.73. The summed E-state index contributed by atoms with van der Waals surface area (Å²) in [5.74, 6) is 0.307. The van der Waals surface area contributed by atoms with Crippen molar-refractivity contribution in [1.29, 1.82) is 0 Å². The number of amides is 1. The number of hydrogen-bond acceptors (Lipinski definition) is 4. The molecule has 0 aromatic carbocycles. The molecule has 1 aromatic heterocycles. The molecule has 3 rings (SSSR count). The molecule has 22 heavy (non-hydrogen) atoms. The molecule has 2 aliphatic rings. The largest absolute Gasteiger partial charge is 0.332 e. The molecule has 0 N–H and O–H groups in total. The van der Waals surface area contributed by atoms with E-state index in [1.165, 1.54) is 32.1 Å². The monoisotopic (exact) mass is 321 g/mol. The van der Waals surface area contributed by atoms with Gasteiger partial charge in [0.2, 0.25) is 5.91 Å². The Balaban J connectivity index is 1.70. The molecule has 4 nitrogen and oxygen atoms in total. The fourth-order valence-corrected chi connectivity index (χ4v) is 4.51. The van der Waals surface area contributed by atoms with Crippen molar-refractivity contribution in [3.05, 3.63) is 16.6 Å². The smallest absolute Gasteiger partial charge is 0.240 e. The molecule has 3 heterocycles. The second kappa shape index (κ2) is 7.55. The molecular weight excluding hydrogens is 294 g/mol. The minimum atomic E-state index is 0.0127. The first-order chi connectivity index (χ1) is 10.8. The second-order valence-electron chi connectivity index (χ2n) is 6.54. The molecule has 1 amide bonds. The average Bonchev–Trinajstić information content (AvgIpc) is 2.96. The third-order valence-electron chi connectivity index (χ3n) is 5.07. The summed E-state index contributed by atoms with van der Waals surface area (Å²) < 4.78 is 0. The number of carbonyl (C=O) groups is 1. The molecule has 5 heteroatoms. The summed E-state index contributed by atoms with van der Waals surface area (Å²) in [7, 11) is 0. The predicted octanol–water partition coefficient (Wildman–Crippen LogP) is 3.46. The van der Waals surface area contributed by atoms with Crippen molar-refractivity contribution < 1.29 is 4.79 Å². The second-order valence-corrected chi connectivity index (χ2v) is 7.47.